The molecule has 0 fully saturated rings. The predicted molar refractivity (Wildman–Crippen MR) is 167 cm³/mol. The van der Waals surface area contributed by atoms with Gasteiger partial charge >= 0.3 is 6.18 Å². The first kappa shape index (κ1) is 35.4. The van der Waals surface area contributed by atoms with Crippen LogP contribution in [0.2, 0.25) is 5.11 Å². The molecule has 0 aliphatic heterocycles. The van der Waals surface area contributed by atoms with Gasteiger partial charge in [0, 0.05) is 28.6 Å². The number of alkyl halides is 4. The monoisotopic (exact) mass is 644 g/mol. The fourth-order valence-electron chi connectivity index (χ4n) is 4.91. The minimum atomic E-state index is -4.82. The van der Waals surface area contributed by atoms with Crippen molar-refractivity contribution in [3.05, 3.63) is 100 Å². The molecular formula is C29H22B5F5N2O4S. The van der Waals surface area contributed by atoms with E-state index < -0.39 is 62.3 Å². The van der Waals surface area contributed by atoms with Gasteiger partial charge in [0.2, 0.25) is 0 Å². The molecule has 3 aromatic carbocycles. The van der Waals surface area contributed by atoms with E-state index in [-0.39, 0.29) is 29.0 Å². The molecule has 1 aromatic heterocycles. The summed E-state index contributed by atoms with van der Waals surface area (Å²) in [4.78, 5) is 12.8. The molecule has 228 valence electrons. The highest BCUT2D eigenvalue weighted by molar-refractivity contribution is 7.95. The van der Waals surface area contributed by atoms with Crippen LogP contribution in [0.4, 0.5) is 22.0 Å². The van der Waals surface area contributed by atoms with E-state index in [1.54, 1.807) is 0 Å². The second kappa shape index (κ2) is 13.0. The second-order valence-electron chi connectivity index (χ2n) is 10.7. The van der Waals surface area contributed by atoms with E-state index in [2.05, 4.69) is 5.32 Å². The van der Waals surface area contributed by atoms with E-state index in [1.807, 2.05) is 0 Å². The molecule has 0 unspecified atom stereocenters. The summed E-state index contributed by atoms with van der Waals surface area (Å²) in [5.41, 5.74) is -0.207. The highest BCUT2D eigenvalue weighted by atomic mass is 32.2. The molecule has 4 aromatic rings. The number of nitrogens with one attached hydrogen (secondary N) is 1. The molecule has 17 heteroatoms. The number of sulfone groups is 1. The van der Waals surface area contributed by atoms with E-state index in [4.69, 9.17) is 39.2 Å². The van der Waals surface area contributed by atoms with Gasteiger partial charge in [-0.25, -0.2) is 17.2 Å². The molecule has 1 amide bonds. The maximum atomic E-state index is 13.6. The number of nitrogens with zero attached hydrogens (tertiary/aromatic N) is 1. The van der Waals surface area contributed by atoms with Crippen molar-refractivity contribution in [1.82, 2.24) is 9.88 Å². The fourth-order valence-corrected chi connectivity index (χ4v) is 6.26. The third-order valence-electron chi connectivity index (χ3n) is 7.51. The lowest BCUT2D eigenvalue weighted by atomic mass is 9.30. The van der Waals surface area contributed by atoms with Crippen molar-refractivity contribution in [3.63, 3.8) is 0 Å². The molecule has 0 saturated heterocycles. The number of halogens is 5. The molecule has 2 N–H and O–H groups in total. The Labute approximate surface area is 269 Å². The van der Waals surface area contributed by atoms with Crippen molar-refractivity contribution in [1.29, 1.82) is 0 Å². The third-order valence-corrected chi connectivity index (χ3v) is 9.64. The smallest absolute Gasteiger partial charge is 0.394 e. The lowest BCUT2D eigenvalue weighted by molar-refractivity contribution is -0.138. The number of benzene rings is 3. The summed E-state index contributed by atoms with van der Waals surface area (Å²) in [7, 11) is 23.0. The number of carbonyl (C=O) groups excluding carboxylic acids is 1. The summed E-state index contributed by atoms with van der Waals surface area (Å²) < 4.78 is 92.4. The van der Waals surface area contributed by atoms with Crippen LogP contribution in [-0.2, 0) is 29.0 Å². The summed E-state index contributed by atoms with van der Waals surface area (Å²) in [6, 6.07) is 12.0. The molecular weight excluding hydrogens is 621 g/mol. The highest BCUT2D eigenvalue weighted by Gasteiger charge is 2.42. The quantitative estimate of drug-likeness (QED) is 0.194. The largest absolute Gasteiger partial charge is 0.416 e. The third kappa shape index (κ3) is 6.95. The van der Waals surface area contributed by atoms with Gasteiger partial charge in [0.1, 0.15) is 12.5 Å². The molecule has 1 atom stereocenters. The standard InChI is InChI=1S/C29H22B5F5N2O4S/c30-28(31,32)29(33,34)46(44,45)22-6-2-16(3-7-22)24(15-42)40-26(43)18-4-8-25-19(11-18)13-21(41(25)10-9-35)12-17-1-5-20(36)14-23(17)27(37,38)39/h1-8,11,13-14,24,42H,9-10,12,15H2,(H,40,43)/t24-/m0/s1. The number of carbonyl (C=O) groups is 1. The zero-order valence-electron chi connectivity index (χ0n) is 24.1. The van der Waals surface area contributed by atoms with Gasteiger partial charge in [-0.05, 0) is 64.2 Å². The van der Waals surface area contributed by atoms with Crippen LogP contribution in [0, 0.1) is 5.82 Å². The van der Waals surface area contributed by atoms with Crippen LogP contribution >= 0.6 is 0 Å². The van der Waals surface area contributed by atoms with Crippen molar-refractivity contribution in [2.75, 3.05) is 13.3 Å². The number of aliphatic hydroxyl groups excluding tert-OH is 1. The molecule has 1 heterocycles. The summed E-state index contributed by atoms with van der Waals surface area (Å²) in [6.45, 7) is -1.59. The fraction of sp³-hybridized carbons (Fsp3) is 0.276. The summed E-state index contributed by atoms with van der Waals surface area (Å²) in [5.74, 6) is -1.70. The van der Waals surface area contributed by atoms with E-state index in [0.29, 0.717) is 28.2 Å². The number of aryl methyl sites for hydroxylation is 1. The van der Waals surface area contributed by atoms with Gasteiger partial charge in [-0.2, -0.15) is 13.2 Å². The topological polar surface area (TPSA) is 88.4 Å². The van der Waals surface area contributed by atoms with E-state index in [9.17, 15) is 40.3 Å². The number of aromatic nitrogens is 1. The van der Waals surface area contributed by atoms with Gasteiger partial charge in [-0.15, -0.1) is 5.11 Å². The molecule has 0 bridgehead atoms. The SMILES string of the molecule is [B]C([B])([B])C([B])([B])S(=O)(=O)c1ccc([C@H](CO)NC(=O)c2ccc3c(c2)cc(Cc2ccc(F)cc2C(F)(F)F)n3CCF)cc1. The van der Waals surface area contributed by atoms with Crippen molar-refractivity contribution in [3.8, 4) is 0 Å². The average molecular weight is 644 g/mol. The van der Waals surface area contributed by atoms with Gasteiger partial charge in [0.25, 0.3) is 5.91 Å². The van der Waals surface area contributed by atoms with Crippen LogP contribution in [0.1, 0.15) is 38.8 Å². The summed E-state index contributed by atoms with van der Waals surface area (Å²) in [6.07, 6.45) is -5.11. The predicted octanol–water partition coefficient (Wildman–Crippen LogP) is 3.17. The highest BCUT2D eigenvalue weighted by Crippen LogP contribution is 2.36. The minimum absolute atomic E-state index is 0.105. The average Bonchev–Trinajstić information content (AvgIpc) is 3.31. The number of rotatable bonds is 11. The molecule has 0 saturated carbocycles. The maximum absolute atomic E-state index is 13.6. The van der Waals surface area contributed by atoms with Crippen molar-refractivity contribution < 1.29 is 40.3 Å². The van der Waals surface area contributed by atoms with Crippen molar-refractivity contribution >= 4 is 65.9 Å². The van der Waals surface area contributed by atoms with Gasteiger partial charge in [-0.1, -0.05) is 18.2 Å². The molecule has 0 spiro atoms. The Balaban J connectivity index is 1.60. The normalized spacial score (nSPS) is 13.5. The van der Waals surface area contributed by atoms with Gasteiger partial charge in [-0.3, -0.25) is 4.79 Å². The van der Waals surface area contributed by atoms with Crippen LogP contribution < -0.4 is 5.32 Å². The van der Waals surface area contributed by atoms with E-state index >= 15 is 0 Å². The summed E-state index contributed by atoms with van der Waals surface area (Å²) in [5, 5.41) is 10.5. The van der Waals surface area contributed by atoms with Crippen LogP contribution in [0.25, 0.3) is 10.9 Å². The number of hydrogen-bond donors (Lipinski definition) is 2. The molecule has 4 rings (SSSR count). The van der Waals surface area contributed by atoms with Gasteiger partial charge in [0.15, 0.2) is 9.84 Å². The van der Waals surface area contributed by atoms with Gasteiger partial charge in [0.05, 0.1) is 68.9 Å². The van der Waals surface area contributed by atoms with Crippen LogP contribution in [0.3, 0.4) is 0 Å². The zero-order valence-corrected chi connectivity index (χ0v) is 24.9. The Kier molecular flexibility index (Phi) is 9.99. The van der Waals surface area contributed by atoms with Crippen molar-refractivity contribution in [2.24, 2.45) is 0 Å². The van der Waals surface area contributed by atoms with Crippen molar-refractivity contribution in [2.45, 2.75) is 39.7 Å². The second-order valence-corrected chi connectivity index (χ2v) is 12.9. The van der Waals surface area contributed by atoms with Crippen LogP contribution in [-0.4, -0.2) is 81.1 Å². The lowest BCUT2D eigenvalue weighted by Crippen LogP contribution is -2.52. The maximum Gasteiger partial charge on any atom is 0.416 e. The van der Waals surface area contributed by atoms with E-state index in [1.165, 1.54) is 41.0 Å². The Hall–Kier alpha value is -3.45. The minimum Gasteiger partial charge on any atom is -0.394 e. The molecule has 10 radical (unpaired) electrons. The molecule has 0 aliphatic rings. The Bertz CT molecular complexity index is 1860. The zero-order chi connectivity index (χ0) is 34.2. The van der Waals surface area contributed by atoms with Crippen LogP contribution in [0.15, 0.2) is 71.6 Å². The molecule has 0 aliphatic carbocycles. The molecule has 6 nitrogen and oxygen atoms in total. The number of hydrogen-bond acceptors (Lipinski definition) is 4. The summed E-state index contributed by atoms with van der Waals surface area (Å²) >= 11 is 0. The first-order valence-electron chi connectivity index (χ1n) is 13.6. The lowest BCUT2D eigenvalue weighted by Gasteiger charge is -2.40. The number of fused-ring (bicyclic) bond motifs is 1. The van der Waals surface area contributed by atoms with E-state index in [0.717, 1.165) is 24.3 Å². The Morgan fingerprint density at radius 2 is 1.59 bits per heavy atom. The number of aliphatic hydroxyl groups is 1. The van der Waals surface area contributed by atoms with Crippen LogP contribution in [0.5, 0.6) is 0 Å². The number of amides is 1. The molecule has 46 heavy (non-hydrogen) atoms. The first-order chi connectivity index (χ1) is 21.3. The Morgan fingerprint density at radius 1 is 0.935 bits per heavy atom. The Morgan fingerprint density at radius 3 is 2.15 bits per heavy atom. The first-order valence-corrected chi connectivity index (χ1v) is 15.0. The van der Waals surface area contributed by atoms with Gasteiger partial charge < -0.3 is 15.0 Å².